The van der Waals surface area contributed by atoms with Crippen LogP contribution in [0.3, 0.4) is 0 Å². The largest absolute Gasteiger partial charge is 0.744 e. The van der Waals surface area contributed by atoms with E-state index >= 15 is 0 Å². The maximum Gasteiger partial charge on any atom is 0.294 e. The molecule has 0 heterocycles. The Bertz CT molecular complexity index is 2720. The van der Waals surface area contributed by atoms with Gasteiger partial charge in [-0.15, -0.1) is 0 Å². The van der Waals surface area contributed by atoms with Crippen LogP contribution < -0.4 is 0 Å². The summed E-state index contributed by atoms with van der Waals surface area (Å²) < 4.78 is 171. The topological polar surface area (TPSA) is 278 Å². The van der Waals surface area contributed by atoms with Gasteiger partial charge in [0.25, 0.3) is 30.4 Å². The molecule has 4 atom stereocenters. The van der Waals surface area contributed by atoms with Crippen LogP contribution in [0.2, 0.25) is 0 Å². The minimum absolute atomic E-state index is 0.283. The van der Waals surface area contributed by atoms with Gasteiger partial charge < -0.3 is 9.11 Å². The third-order valence-electron chi connectivity index (χ3n) is 10.8. The zero-order valence-corrected chi connectivity index (χ0v) is 36.6. The molecule has 0 aliphatic rings. The highest BCUT2D eigenvalue weighted by Gasteiger charge is 2.28. The summed E-state index contributed by atoms with van der Waals surface area (Å²) in [7, 11) is -23.1. The Morgan fingerprint density at radius 2 is 0.541 bits per heavy atom. The van der Waals surface area contributed by atoms with Gasteiger partial charge in [0.15, 0.2) is 0 Å². The molecule has 0 saturated heterocycles. The molecule has 5 aromatic rings. The molecule has 328 valence electrons. The molecule has 0 saturated carbocycles. The van der Waals surface area contributed by atoms with Crippen LogP contribution in [0.4, 0.5) is 0 Å². The van der Waals surface area contributed by atoms with Gasteiger partial charge in [-0.2, -0.15) is 25.3 Å². The standard InChI is InChI=1S/C41H44O15S5/c1-27(29-3-13-37(14-4-29)57(42,43)44)23-34(31-7-17-39(18-8-31)59(48,49)50)25-36(33-11-21-41(22-12-33)61(54,55)56)26-35(32-9-19-40(20-10-32)60(51,52)53)24-28(2)30-5-15-38(16-6-30)58(45,46)47/h3-22,27-28,34-36H,23-26H2,1-2H3,(H,42,43,44)(H,45,46,47)(H,48,49,50)(H,51,52,53)(H,54,55,56)/p-2. The number of benzene rings is 5. The first-order valence-electron chi connectivity index (χ1n) is 18.5. The first-order valence-corrected chi connectivity index (χ1v) is 25.7. The lowest BCUT2D eigenvalue weighted by Crippen LogP contribution is -2.15. The fraction of sp³-hybridized carbons (Fsp3) is 0.268. The van der Waals surface area contributed by atoms with Crippen LogP contribution in [0.15, 0.2) is 146 Å². The predicted octanol–water partition coefficient (Wildman–Crippen LogP) is 7.05. The Hall–Kier alpha value is -4.35. The molecule has 3 N–H and O–H groups in total. The van der Waals surface area contributed by atoms with Crippen molar-refractivity contribution in [2.45, 2.75) is 93.6 Å². The van der Waals surface area contributed by atoms with Crippen LogP contribution >= 0.6 is 0 Å². The van der Waals surface area contributed by atoms with E-state index in [1.165, 1.54) is 97.1 Å². The van der Waals surface area contributed by atoms with Crippen molar-refractivity contribution in [1.29, 1.82) is 0 Å². The van der Waals surface area contributed by atoms with Crippen molar-refractivity contribution in [1.82, 2.24) is 0 Å². The number of rotatable bonds is 18. The average Bonchev–Trinajstić information content (AvgIpc) is 3.18. The minimum Gasteiger partial charge on any atom is -0.744 e. The van der Waals surface area contributed by atoms with Crippen molar-refractivity contribution in [2.24, 2.45) is 0 Å². The van der Waals surface area contributed by atoms with Crippen LogP contribution in [0, 0.1) is 0 Å². The summed E-state index contributed by atoms with van der Waals surface area (Å²) in [6, 6.07) is 27.6. The van der Waals surface area contributed by atoms with Gasteiger partial charge in [0.1, 0.15) is 20.2 Å². The molecule has 5 rings (SSSR count). The second-order valence-electron chi connectivity index (χ2n) is 15.0. The van der Waals surface area contributed by atoms with Gasteiger partial charge in [0.05, 0.1) is 24.5 Å². The van der Waals surface area contributed by atoms with Crippen LogP contribution in [-0.2, 0) is 50.6 Å². The molecule has 0 aliphatic heterocycles. The zero-order valence-electron chi connectivity index (χ0n) is 32.5. The molecule has 0 bridgehead atoms. The monoisotopic (exact) mass is 934 g/mol. The molecule has 0 aliphatic carbocycles. The van der Waals surface area contributed by atoms with Gasteiger partial charge in [-0.1, -0.05) is 74.5 Å². The van der Waals surface area contributed by atoms with Crippen molar-refractivity contribution in [3.63, 3.8) is 0 Å². The smallest absolute Gasteiger partial charge is 0.294 e. The Kier molecular flexibility index (Phi) is 14.5. The maximum atomic E-state index is 12.0. The molecule has 0 radical (unpaired) electrons. The first kappa shape index (κ1) is 47.7. The van der Waals surface area contributed by atoms with Crippen LogP contribution in [0.1, 0.15) is 96.9 Å². The molecular weight excluding hydrogens is 893 g/mol. The van der Waals surface area contributed by atoms with Gasteiger partial charge in [0.2, 0.25) is 0 Å². The summed E-state index contributed by atoms with van der Waals surface area (Å²) in [6.45, 7) is 3.76. The van der Waals surface area contributed by atoms with Gasteiger partial charge >= 0.3 is 0 Å². The van der Waals surface area contributed by atoms with E-state index in [2.05, 4.69) is 0 Å². The molecule has 0 amide bonds. The highest BCUT2D eigenvalue weighted by molar-refractivity contribution is 7.86. The lowest BCUT2D eigenvalue weighted by molar-refractivity contribution is 0.413. The SMILES string of the molecule is CC(CC(CC(CC(CC(C)c1ccc(S(=O)(=O)O)cc1)c1ccc(S(=O)(=O)[O-])cc1)c1ccc(S(=O)(=O)O)cc1)c1ccc(S(=O)(=O)[O-])cc1)c1ccc(S(=O)(=O)O)cc1. The zero-order chi connectivity index (χ0) is 45.1. The summed E-state index contributed by atoms with van der Waals surface area (Å²) in [4.78, 5) is -1.89. The highest BCUT2D eigenvalue weighted by Crippen LogP contribution is 2.44. The van der Waals surface area contributed by atoms with Crippen molar-refractivity contribution >= 4 is 50.6 Å². The summed E-state index contributed by atoms with van der Waals surface area (Å²) in [5.41, 5.74) is 3.27. The lowest BCUT2D eigenvalue weighted by atomic mass is 9.74. The maximum absolute atomic E-state index is 12.0. The molecule has 0 aromatic heterocycles. The Morgan fingerprint density at radius 3 is 0.754 bits per heavy atom. The molecule has 20 heteroatoms. The van der Waals surface area contributed by atoms with Gasteiger partial charge in [0, 0.05) is 0 Å². The molecule has 0 fully saturated rings. The Balaban J connectivity index is 1.62. The van der Waals surface area contributed by atoms with Gasteiger partial charge in [-0.3, -0.25) is 13.7 Å². The van der Waals surface area contributed by atoms with Crippen molar-refractivity contribution in [3.8, 4) is 0 Å². The highest BCUT2D eigenvalue weighted by atomic mass is 32.2. The van der Waals surface area contributed by atoms with E-state index in [9.17, 15) is 64.9 Å². The number of hydrogen-bond donors (Lipinski definition) is 3. The minimum atomic E-state index is -4.80. The van der Waals surface area contributed by atoms with E-state index in [4.69, 9.17) is 0 Å². The summed E-state index contributed by atoms with van der Waals surface area (Å²) >= 11 is 0. The number of hydrogen-bond acceptors (Lipinski definition) is 12. The third kappa shape index (κ3) is 12.8. The van der Waals surface area contributed by atoms with Gasteiger partial charge in [-0.25, -0.2) is 16.8 Å². The summed E-state index contributed by atoms with van der Waals surface area (Å²) in [5, 5.41) is 0. The fourth-order valence-electron chi connectivity index (χ4n) is 7.58. The van der Waals surface area contributed by atoms with Crippen molar-refractivity contribution in [3.05, 3.63) is 149 Å². The van der Waals surface area contributed by atoms with E-state index in [1.807, 2.05) is 13.8 Å². The molecule has 61 heavy (non-hydrogen) atoms. The first-order chi connectivity index (χ1) is 28.2. The predicted molar refractivity (Wildman–Crippen MR) is 221 cm³/mol. The second-order valence-corrected chi connectivity index (χ2v) is 22.0. The van der Waals surface area contributed by atoms with Crippen LogP contribution in [-0.4, -0.2) is 64.9 Å². The van der Waals surface area contributed by atoms with E-state index < -0.39 is 78.1 Å². The molecule has 15 nitrogen and oxygen atoms in total. The Morgan fingerprint density at radius 1 is 0.344 bits per heavy atom. The third-order valence-corrected chi connectivity index (χ3v) is 15.1. The average molecular weight is 935 g/mol. The van der Waals surface area contributed by atoms with Gasteiger partial charge in [-0.05, 0) is 144 Å². The summed E-state index contributed by atoms with van der Waals surface area (Å²) in [5.74, 6) is -1.89. The Labute approximate surface area is 356 Å². The second kappa shape index (κ2) is 18.6. The normalized spacial score (nSPS) is 15.4. The summed E-state index contributed by atoms with van der Waals surface area (Å²) in [6.07, 6.45) is 1.32. The molecule has 5 aromatic carbocycles. The van der Waals surface area contributed by atoms with Crippen LogP contribution in [0.5, 0.6) is 0 Å². The van der Waals surface area contributed by atoms with Crippen molar-refractivity contribution in [2.75, 3.05) is 0 Å². The fourth-order valence-corrected chi connectivity index (χ4v) is 9.96. The van der Waals surface area contributed by atoms with Crippen LogP contribution in [0.25, 0.3) is 0 Å². The van der Waals surface area contributed by atoms with Crippen molar-refractivity contribution < 1.29 is 64.9 Å². The molecule has 0 spiro atoms. The van der Waals surface area contributed by atoms with E-state index in [-0.39, 0.29) is 26.5 Å². The van der Waals surface area contributed by atoms with E-state index in [0.717, 1.165) is 0 Å². The molecule has 4 unspecified atom stereocenters. The van der Waals surface area contributed by atoms with E-state index in [1.54, 1.807) is 24.3 Å². The van der Waals surface area contributed by atoms with E-state index in [0.29, 0.717) is 53.5 Å². The quantitative estimate of drug-likeness (QED) is 0.0742. The molecular formula is C41H42O15S5-2. The lowest BCUT2D eigenvalue weighted by Gasteiger charge is -2.31.